The molecule has 0 atom stereocenters. The zero-order valence-corrected chi connectivity index (χ0v) is 33.8. The number of hydrogen-bond donors (Lipinski definition) is 1. The highest BCUT2D eigenvalue weighted by molar-refractivity contribution is 6.21. The maximum Gasteiger partial charge on any atom is 0.166 e. The van der Waals surface area contributed by atoms with Gasteiger partial charge in [-0.1, -0.05) is 152 Å². The van der Waals surface area contributed by atoms with Crippen LogP contribution in [0.1, 0.15) is 0 Å². The zero-order valence-electron chi connectivity index (χ0n) is 33.8. The van der Waals surface area contributed by atoms with E-state index in [1.54, 1.807) is 0 Å². The van der Waals surface area contributed by atoms with Crippen molar-refractivity contribution in [2.75, 3.05) is 0 Å². The van der Waals surface area contributed by atoms with E-state index in [0.29, 0.717) is 17.5 Å². The SMILES string of the molecule is c1ccc(-c2nc(-c3ccccc3)nc(-c3cc(-c4c(-c5cccc6c7ccccc7n(-c7ccccc7)c56)ccc5oc6ccccc6c45)cc4c3[nH]c3ccccc34)n2)cc1. The summed E-state index contributed by atoms with van der Waals surface area (Å²) in [5.41, 5.74) is 14.1. The standard InChI is InChI=1S/C57H35N5O/c1-4-17-35(18-5-1)55-59-56(36-19-6-2-7-20-36)61-57(60-55)46-34-37(33-45-39-23-10-13-28-47(39)58-53(45)46)51-41(31-32-50-52(51)44-25-12-15-30-49(44)63-50)43-27-16-26-42-40-24-11-14-29-48(40)62(54(42)43)38-21-8-3-9-22-38/h1-34,58H. The van der Waals surface area contributed by atoms with Gasteiger partial charge >= 0.3 is 0 Å². The normalized spacial score (nSPS) is 11.8. The lowest BCUT2D eigenvalue weighted by atomic mass is 9.88. The number of nitrogens with one attached hydrogen (secondary N) is 1. The van der Waals surface area contributed by atoms with Crippen LogP contribution < -0.4 is 0 Å². The molecular weight excluding hydrogens is 771 g/mol. The highest BCUT2D eigenvalue weighted by atomic mass is 16.3. The molecule has 6 nitrogen and oxygen atoms in total. The molecule has 0 aliphatic rings. The molecule has 0 aliphatic heterocycles. The Hall–Kier alpha value is -8.61. The number of H-pyrrole nitrogens is 1. The lowest BCUT2D eigenvalue weighted by Gasteiger charge is -2.17. The summed E-state index contributed by atoms with van der Waals surface area (Å²) in [6.45, 7) is 0. The largest absolute Gasteiger partial charge is 0.456 e. The van der Waals surface area contributed by atoms with Crippen molar-refractivity contribution in [3.8, 4) is 62.1 Å². The van der Waals surface area contributed by atoms with E-state index in [-0.39, 0.29) is 0 Å². The van der Waals surface area contributed by atoms with Gasteiger partial charge in [0.05, 0.1) is 16.6 Å². The molecule has 63 heavy (non-hydrogen) atoms. The summed E-state index contributed by atoms with van der Waals surface area (Å²) in [7, 11) is 0. The minimum Gasteiger partial charge on any atom is -0.456 e. The van der Waals surface area contributed by atoms with Crippen molar-refractivity contribution >= 4 is 65.6 Å². The molecule has 0 radical (unpaired) electrons. The van der Waals surface area contributed by atoms with Crippen LogP contribution >= 0.6 is 0 Å². The smallest absolute Gasteiger partial charge is 0.166 e. The molecule has 1 N–H and O–H groups in total. The molecule has 6 heteroatoms. The van der Waals surface area contributed by atoms with Gasteiger partial charge in [0.25, 0.3) is 0 Å². The summed E-state index contributed by atoms with van der Waals surface area (Å²) in [6.07, 6.45) is 0. The Morgan fingerprint density at radius 1 is 0.397 bits per heavy atom. The lowest BCUT2D eigenvalue weighted by molar-refractivity contribution is 0.669. The number of benzene rings is 9. The number of nitrogens with zero attached hydrogens (tertiary/aromatic N) is 4. The van der Waals surface area contributed by atoms with Crippen LogP contribution in [0.2, 0.25) is 0 Å². The highest BCUT2D eigenvalue weighted by Crippen LogP contribution is 2.48. The first-order valence-electron chi connectivity index (χ1n) is 21.2. The summed E-state index contributed by atoms with van der Waals surface area (Å²) in [4.78, 5) is 19.4. The van der Waals surface area contributed by atoms with Gasteiger partial charge in [0.15, 0.2) is 17.5 Å². The molecule has 0 amide bonds. The predicted molar refractivity (Wildman–Crippen MR) is 258 cm³/mol. The van der Waals surface area contributed by atoms with E-state index >= 15 is 0 Å². The quantitative estimate of drug-likeness (QED) is 0.182. The molecule has 0 bridgehead atoms. The van der Waals surface area contributed by atoms with Crippen LogP contribution in [-0.4, -0.2) is 24.5 Å². The molecule has 0 spiro atoms. The number of para-hydroxylation sites is 5. The molecule has 4 heterocycles. The maximum atomic E-state index is 6.68. The van der Waals surface area contributed by atoms with E-state index in [1.165, 1.54) is 10.8 Å². The Balaban J connectivity index is 1.17. The minimum atomic E-state index is 0.582. The topological polar surface area (TPSA) is 72.5 Å². The van der Waals surface area contributed by atoms with E-state index in [4.69, 9.17) is 19.4 Å². The number of aromatic nitrogens is 5. The van der Waals surface area contributed by atoms with Gasteiger partial charge in [0, 0.05) is 71.3 Å². The summed E-state index contributed by atoms with van der Waals surface area (Å²) < 4.78 is 9.09. The Morgan fingerprint density at radius 3 is 1.78 bits per heavy atom. The first-order chi connectivity index (χ1) is 31.2. The van der Waals surface area contributed by atoms with Crippen molar-refractivity contribution in [1.29, 1.82) is 0 Å². The maximum absolute atomic E-state index is 6.68. The summed E-state index contributed by atoms with van der Waals surface area (Å²) in [5.74, 6) is 1.80. The number of furan rings is 1. The van der Waals surface area contributed by atoms with Crippen LogP contribution in [0, 0.1) is 0 Å². The van der Waals surface area contributed by atoms with Crippen LogP contribution in [0.5, 0.6) is 0 Å². The summed E-state index contributed by atoms with van der Waals surface area (Å²) in [5, 5.41) is 6.70. The van der Waals surface area contributed by atoms with Crippen molar-refractivity contribution in [2.45, 2.75) is 0 Å². The molecule has 0 saturated carbocycles. The van der Waals surface area contributed by atoms with E-state index in [9.17, 15) is 0 Å². The third-order valence-electron chi connectivity index (χ3n) is 12.4. The van der Waals surface area contributed by atoms with E-state index in [0.717, 1.165) is 99.4 Å². The van der Waals surface area contributed by atoms with Gasteiger partial charge in [-0.2, -0.15) is 0 Å². The van der Waals surface area contributed by atoms with E-state index in [2.05, 4.69) is 173 Å². The second kappa shape index (κ2) is 14.0. The van der Waals surface area contributed by atoms with Crippen molar-refractivity contribution in [3.63, 3.8) is 0 Å². The van der Waals surface area contributed by atoms with Crippen molar-refractivity contribution < 1.29 is 4.42 Å². The Bertz CT molecular complexity index is 3850. The predicted octanol–water partition coefficient (Wildman–Crippen LogP) is 14.8. The lowest BCUT2D eigenvalue weighted by Crippen LogP contribution is -2.01. The number of hydrogen-bond acceptors (Lipinski definition) is 4. The number of aromatic amines is 1. The molecule has 9 aromatic carbocycles. The molecule has 13 rings (SSSR count). The second-order valence-corrected chi connectivity index (χ2v) is 16.0. The van der Waals surface area contributed by atoms with E-state index in [1.807, 2.05) is 42.5 Å². The molecule has 0 fully saturated rings. The van der Waals surface area contributed by atoms with Crippen LogP contribution in [0.3, 0.4) is 0 Å². The van der Waals surface area contributed by atoms with Gasteiger partial charge in [-0.25, -0.2) is 15.0 Å². The van der Waals surface area contributed by atoms with Crippen LogP contribution in [0.15, 0.2) is 211 Å². The molecule has 0 aliphatic carbocycles. The Labute approximate surface area is 361 Å². The number of fused-ring (bicyclic) bond motifs is 9. The second-order valence-electron chi connectivity index (χ2n) is 16.0. The average molecular weight is 806 g/mol. The average Bonchev–Trinajstić information content (AvgIpc) is 4.04. The zero-order chi connectivity index (χ0) is 41.4. The highest BCUT2D eigenvalue weighted by Gasteiger charge is 2.25. The Kier molecular flexibility index (Phi) is 7.80. The first kappa shape index (κ1) is 35.2. The van der Waals surface area contributed by atoms with Crippen molar-refractivity contribution in [1.82, 2.24) is 24.5 Å². The van der Waals surface area contributed by atoms with Crippen LogP contribution in [-0.2, 0) is 0 Å². The van der Waals surface area contributed by atoms with Gasteiger partial charge in [0.1, 0.15) is 11.2 Å². The van der Waals surface area contributed by atoms with Gasteiger partial charge in [0.2, 0.25) is 0 Å². The van der Waals surface area contributed by atoms with Crippen molar-refractivity contribution in [2.24, 2.45) is 0 Å². The fraction of sp³-hybridized carbons (Fsp3) is 0. The number of rotatable bonds is 6. The molecule has 294 valence electrons. The van der Waals surface area contributed by atoms with Gasteiger partial charge < -0.3 is 14.0 Å². The monoisotopic (exact) mass is 805 g/mol. The van der Waals surface area contributed by atoms with Gasteiger partial charge in [-0.15, -0.1) is 0 Å². The van der Waals surface area contributed by atoms with Crippen molar-refractivity contribution in [3.05, 3.63) is 206 Å². The first-order valence-corrected chi connectivity index (χ1v) is 21.2. The molecule has 4 aromatic heterocycles. The van der Waals surface area contributed by atoms with Crippen LogP contribution in [0.25, 0.3) is 128 Å². The summed E-state index contributed by atoms with van der Waals surface area (Å²) in [6, 6.07) is 72.2. The molecular formula is C57H35N5O. The van der Waals surface area contributed by atoms with Gasteiger partial charge in [-0.3, -0.25) is 0 Å². The van der Waals surface area contributed by atoms with Gasteiger partial charge in [-0.05, 0) is 65.7 Å². The van der Waals surface area contributed by atoms with E-state index < -0.39 is 0 Å². The molecule has 0 unspecified atom stereocenters. The fourth-order valence-electron chi connectivity index (χ4n) is 9.62. The molecule has 13 aromatic rings. The fourth-order valence-corrected chi connectivity index (χ4v) is 9.62. The summed E-state index contributed by atoms with van der Waals surface area (Å²) >= 11 is 0. The third kappa shape index (κ3) is 5.55. The third-order valence-corrected chi connectivity index (χ3v) is 12.4. The Morgan fingerprint density at radius 2 is 1.02 bits per heavy atom. The van der Waals surface area contributed by atoms with Crippen LogP contribution in [0.4, 0.5) is 0 Å². The minimum absolute atomic E-state index is 0.582. The molecule has 0 saturated heterocycles.